The standard InChI is InChI=1S/C10H13NO2/c1-11-6-8(7-3-2-4-7)5-9(11)10(12)13/h5-7H,2-4H2,1H3,(H,12,13). The van der Waals surface area contributed by atoms with Gasteiger partial charge < -0.3 is 9.67 Å². The first-order valence-electron chi connectivity index (χ1n) is 4.58. The van der Waals surface area contributed by atoms with Gasteiger partial charge in [0.25, 0.3) is 0 Å². The van der Waals surface area contributed by atoms with Crippen LogP contribution in [0.5, 0.6) is 0 Å². The van der Waals surface area contributed by atoms with Crippen molar-refractivity contribution in [1.29, 1.82) is 0 Å². The summed E-state index contributed by atoms with van der Waals surface area (Å²) in [7, 11) is 1.78. The van der Waals surface area contributed by atoms with E-state index in [9.17, 15) is 4.79 Å². The lowest BCUT2D eigenvalue weighted by molar-refractivity contribution is 0.0686. The highest BCUT2D eigenvalue weighted by Gasteiger charge is 2.22. The molecule has 1 fully saturated rings. The second-order valence-corrected chi connectivity index (χ2v) is 3.70. The van der Waals surface area contributed by atoms with Gasteiger partial charge in [-0.05, 0) is 30.4 Å². The van der Waals surface area contributed by atoms with Gasteiger partial charge in [0.15, 0.2) is 0 Å². The predicted molar refractivity (Wildman–Crippen MR) is 49.0 cm³/mol. The molecule has 0 radical (unpaired) electrons. The zero-order valence-electron chi connectivity index (χ0n) is 7.66. The van der Waals surface area contributed by atoms with Crippen LogP contribution in [0.4, 0.5) is 0 Å². The summed E-state index contributed by atoms with van der Waals surface area (Å²) in [4.78, 5) is 10.7. The molecule has 0 aliphatic heterocycles. The summed E-state index contributed by atoms with van der Waals surface area (Å²) in [5.41, 5.74) is 1.58. The van der Waals surface area contributed by atoms with Crippen molar-refractivity contribution in [3.63, 3.8) is 0 Å². The van der Waals surface area contributed by atoms with Gasteiger partial charge in [-0.25, -0.2) is 4.79 Å². The zero-order chi connectivity index (χ0) is 9.42. The van der Waals surface area contributed by atoms with E-state index in [0.29, 0.717) is 11.6 Å². The molecule has 70 valence electrons. The van der Waals surface area contributed by atoms with Gasteiger partial charge in [0.2, 0.25) is 0 Å². The van der Waals surface area contributed by atoms with Crippen LogP contribution in [0, 0.1) is 0 Å². The first kappa shape index (κ1) is 8.35. The lowest BCUT2D eigenvalue weighted by atomic mass is 9.81. The molecule has 1 N–H and O–H groups in total. The Kier molecular flexibility index (Phi) is 1.87. The Labute approximate surface area is 77.0 Å². The highest BCUT2D eigenvalue weighted by atomic mass is 16.4. The fourth-order valence-electron chi connectivity index (χ4n) is 1.77. The van der Waals surface area contributed by atoms with Gasteiger partial charge in [0.05, 0.1) is 0 Å². The maximum absolute atomic E-state index is 10.7. The van der Waals surface area contributed by atoms with Crippen LogP contribution in [0.2, 0.25) is 0 Å². The normalized spacial score (nSPS) is 17.0. The molecule has 0 aromatic carbocycles. The molecule has 0 bridgehead atoms. The van der Waals surface area contributed by atoms with Gasteiger partial charge in [-0.15, -0.1) is 0 Å². The number of carboxylic acids is 1. The molecule has 0 spiro atoms. The SMILES string of the molecule is Cn1cc(C2CCC2)cc1C(=O)O. The first-order valence-corrected chi connectivity index (χ1v) is 4.58. The molecule has 1 aliphatic rings. The maximum Gasteiger partial charge on any atom is 0.352 e. The first-order chi connectivity index (χ1) is 6.18. The lowest BCUT2D eigenvalue weighted by Crippen LogP contribution is -2.07. The van der Waals surface area contributed by atoms with Gasteiger partial charge in [-0.3, -0.25) is 0 Å². The Morgan fingerprint density at radius 1 is 1.62 bits per heavy atom. The van der Waals surface area contributed by atoms with Crippen molar-refractivity contribution in [1.82, 2.24) is 4.57 Å². The summed E-state index contributed by atoms with van der Waals surface area (Å²) >= 11 is 0. The van der Waals surface area contributed by atoms with E-state index in [0.717, 1.165) is 0 Å². The molecule has 1 aromatic rings. The minimum Gasteiger partial charge on any atom is -0.477 e. The van der Waals surface area contributed by atoms with Gasteiger partial charge in [-0.2, -0.15) is 0 Å². The lowest BCUT2D eigenvalue weighted by Gasteiger charge is -2.24. The molecule has 1 aliphatic carbocycles. The van der Waals surface area contributed by atoms with E-state index in [1.54, 1.807) is 17.7 Å². The second kappa shape index (κ2) is 2.91. The van der Waals surface area contributed by atoms with Crippen molar-refractivity contribution in [2.75, 3.05) is 0 Å². The van der Waals surface area contributed by atoms with E-state index in [2.05, 4.69) is 0 Å². The highest BCUT2D eigenvalue weighted by molar-refractivity contribution is 5.86. The fraction of sp³-hybridized carbons (Fsp3) is 0.500. The Balaban J connectivity index is 2.28. The van der Waals surface area contributed by atoms with Gasteiger partial charge >= 0.3 is 5.97 Å². The Bertz CT molecular complexity index is 337. The van der Waals surface area contributed by atoms with Crippen LogP contribution in [0.3, 0.4) is 0 Å². The van der Waals surface area contributed by atoms with E-state index in [-0.39, 0.29) is 0 Å². The Morgan fingerprint density at radius 2 is 2.31 bits per heavy atom. The van der Waals surface area contributed by atoms with Crippen molar-refractivity contribution in [3.05, 3.63) is 23.5 Å². The van der Waals surface area contributed by atoms with Crippen molar-refractivity contribution < 1.29 is 9.90 Å². The topological polar surface area (TPSA) is 42.2 Å². The molecule has 0 unspecified atom stereocenters. The number of aromatic nitrogens is 1. The number of hydrogen-bond acceptors (Lipinski definition) is 1. The minimum absolute atomic E-state index is 0.391. The van der Waals surface area contributed by atoms with Crippen molar-refractivity contribution in [3.8, 4) is 0 Å². The molecule has 0 amide bonds. The predicted octanol–water partition coefficient (Wildman–Crippen LogP) is 1.99. The molecule has 1 saturated carbocycles. The number of aromatic carboxylic acids is 1. The average molecular weight is 179 g/mol. The number of nitrogens with zero attached hydrogens (tertiary/aromatic N) is 1. The van der Waals surface area contributed by atoms with Gasteiger partial charge in [0.1, 0.15) is 5.69 Å². The van der Waals surface area contributed by atoms with E-state index >= 15 is 0 Å². The molecular weight excluding hydrogens is 166 g/mol. The van der Waals surface area contributed by atoms with Crippen LogP contribution >= 0.6 is 0 Å². The quantitative estimate of drug-likeness (QED) is 0.754. The van der Waals surface area contributed by atoms with Crippen LogP contribution in [0.1, 0.15) is 41.2 Å². The van der Waals surface area contributed by atoms with E-state index in [1.165, 1.54) is 24.8 Å². The molecule has 13 heavy (non-hydrogen) atoms. The smallest absolute Gasteiger partial charge is 0.352 e. The largest absolute Gasteiger partial charge is 0.477 e. The van der Waals surface area contributed by atoms with Crippen LogP contribution in [-0.4, -0.2) is 15.6 Å². The Hall–Kier alpha value is -1.25. The third kappa shape index (κ3) is 1.34. The number of carbonyl (C=O) groups is 1. The molecule has 0 saturated heterocycles. The molecule has 1 aromatic heterocycles. The van der Waals surface area contributed by atoms with Crippen LogP contribution in [-0.2, 0) is 7.05 Å². The summed E-state index contributed by atoms with van der Waals surface area (Å²) in [6.07, 6.45) is 5.64. The highest BCUT2D eigenvalue weighted by Crippen LogP contribution is 2.36. The second-order valence-electron chi connectivity index (χ2n) is 3.70. The third-order valence-corrected chi connectivity index (χ3v) is 2.82. The monoisotopic (exact) mass is 179 g/mol. The Morgan fingerprint density at radius 3 is 2.69 bits per heavy atom. The zero-order valence-corrected chi connectivity index (χ0v) is 7.66. The summed E-state index contributed by atoms with van der Waals surface area (Å²) in [6, 6.07) is 1.80. The van der Waals surface area contributed by atoms with Gasteiger partial charge in [-0.1, -0.05) is 6.42 Å². The number of rotatable bonds is 2. The summed E-state index contributed by atoms with van der Waals surface area (Å²) in [5, 5.41) is 8.83. The van der Waals surface area contributed by atoms with Gasteiger partial charge in [0, 0.05) is 13.2 Å². The molecule has 3 nitrogen and oxygen atoms in total. The fourth-order valence-corrected chi connectivity index (χ4v) is 1.77. The van der Waals surface area contributed by atoms with Crippen LogP contribution in [0.25, 0.3) is 0 Å². The average Bonchev–Trinajstić information content (AvgIpc) is 2.27. The summed E-state index contributed by atoms with van der Waals surface area (Å²) in [5.74, 6) is -0.229. The third-order valence-electron chi connectivity index (χ3n) is 2.82. The molecule has 3 heteroatoms. The molecule has 1 heterocycles. The van der Waals surface area contributed by atoms with Crippen LogP contribution in [0.15, 0.2) is 12.3 Å². The summed E-state index contributed by atoms with van der Waals surface area (Å²) in [6.45, 7) is 0. The van der Waals surface area contributed by atoms with Crippen molar-refractivity contribution >= 4 is 5.97 Å². The molecule has 0 atom stereocenters. The number of carboxylic acid groups (broad SMARTS) is 1. The van der Waals surface area contributed by atoms with E-state index in [4.69, 9.17) is 5.11 Å². The van der Waals surface area contributed by atoms with E-state index < -0.39 is 5.97 Å². The van der Waals surface area contributed by atoms with Crippen LogP contribution < -0.4 is 0 Å². The molecule has 2 rings (SSSR count). The van der Waals surface area contributed by atoms with Crippen molar-refractivity contribution in [2.45, 2.75) is 25.2 Å². The van der Waals surface area contributed by atoms with E-state index in [1.807, 2.05) is 6.20 Å². The summed E-state index contributed by atoms with van der Waals surface area (Å²) < 4.78 is 1.69. The minimum atomic E-state index is -0.840. The molecular formula is C10H13NO2. The van der Waals surface area contributed by atoms with Crippen molar-refractivity contribution in [2.24, 2.45) is 7.05 Å². The number of aryl methyl sites for hydroxylation is 1. The maximum atomic E-state index is 10.7. The number of hydrogen-bond donors (Lipinski definition) is 1.